The molecule has 2 aromatic rings. The van der Waals surface area contributed by atoms with Crippen LogP contribution in [0.2, 0.25) is 0 Å². The highest BCUT2D eigenvalue weighted by Gasteiger charge is 2.50. The van der Waals surface area contributed by atoms with Crippen molar-refractivity contribution in [2.45, 2.75) is 44.7 Å². The Balaban J connectivity index is 2.50. The highest BCUT2D eigenvalue weighted by Crippen LogP contribution is 2.37. The van der Waals surface area contributed by atoms with Crippen molar-refractivity contribution in [2.24, 2.45) is 11.8 Å². The first kappa shape index (κ1) is 31.5. The number of carboxylic acid groups (broad SMARTS) is 1. The lowest BCUT2D eigenvalue weighted by Gasteiger charge is -2.37. The van der Waals surface area contributed by atoms with Crippen molar-refractivity contribution in [3.05, 3.63) is 60.2 Å². The van der Waals surface area contributed by atoms with E-state index < -0.39 is 68.3 Å². The van der Waals surface area contributed by atoms with E-state index in [2.05, 4.69) is 15.4 Å². The summed E-state index contributed by atoms with van der Waals surface area (Å²) in [6.07, 6.45) is -2.69. The lowest BCUT2D eigenvalue weighted by Crippen LogP contribution is -2.57. The number of carbonyl (C=O) groups excluding carboxylic acids is 3. The Bertz CT molecular complexity index is 1160. The number of hydrogen-bond acceptors (Lipinski definition) is 8. The molecule has 0 bridgehead atoms. The van der Waals surface area contributed by atoms with E-state index in [-0.39, 0.29) is 6.42 Å². The summed E-state index contributed by atoms with van der Waals surface area (Å²) in [7, 11) is -1.10. The molecule has 0 aliphatic carbocycles. The molecule has 0 heterocycles. The number of nitrogens with one attached hydrogen (secondary N) is 2. The molecule has 0 fully saturated rings. The van der Waals surface area contributed by atoms with Gasteiger partial charge in [-0.3, -0.25) is 14.4 Å². The third kappa shape index (κ3) is 8.66. The van der Waals surface area contributed by atoms with Gasteiger partial charge in [0.25, 0.3) is 0 Å². The van der Waals surface area contributed by atoms with Gasteiger partial charge in [0.05, 0.1) is 34.0 Å². The first-order valence-electron chi connectivity index (χ1n) is 12.3. The van der Waals surface area contributed by atoms with Gasteiger partial charge >= 0.3 is 18.0 Å². The van der Waals surface area contributed by atoms with Gasteiger partial charge in [0, 0.05) is 0 Å². The van der Waals surface area contributed by atoms with Crippen molar-refractivity contribution in [1.29, 1.82) is 0 Å². The maximum atomic E-state index is 13.4. The minimum atomic E-state index is -2.45. The SMILES string of the molecule is COC(=O)NCC(OC(=O)C(C)C)C(O)([PH2]=O)C(Cc1ccc(-c2ccccc2)cc1)C(=O)NC(C)C(=O)O. The average molecular weight is 563 g/mol. The molecule has 0 saturated carbocycles. The Morgan fingerprint density at radius 1 is 0.974 bits per heavy atom. The summed E-state index contributed by atoms with van der Waals surface area (Å²) in [5.74, 6) is -5.14. The second kappa shape index (κ2) is 14.5. The standard InChI is InChI=1S/C27H35N2O9P/c1-16(2)25(33)38-22(15-28-26(34)37-4)27(35,39-36)21(23(30)29-17(3)24(31)32)14-18-10-12-20(13-11-18)19-8-6-5-7-9-19/h5-13,16-17,21-22,35H,14-15,39H2,1-4H3,(H,28,34)(H,29,30)(H,31,32). The van der Waals surface area contributed by atoms with Crippen LogP contribution in [0.15, 0.2) is 54.6 Å². The van der Waals surface area contributed by atoms with Crippen LogP contribution in [0.25, 0.3) is 11.1 Å². The Hall–Kier alpha value is -3.69. The van der Waals surface area contributed by atoms with Gasteiger partial charge in [-0.05, 0) is 30.0 Å². The summed E-state index contributed by atoms with van der Waals surface area (Å²) in [5, 5.41) is 23.2. The number of carboxylic acids is 1. The summed E-state index contributed by atoms with van der Waals surface area (Å²) in [4.78, 5) is 49.0. The molecular formula is C27H35N2O9P. The van der Waals surface area contributed by atoms with Gasteiger partial charge in [-0.25, -0.2) is 4.79 Å². The highest BCUT2D eigenvalue weighted by molar-refractivity contribution is 7.25. The Kier molecular flexibility index (Phi) is 11.7. The summed E-state index contributed by atoms with van der Waals surface area (Å²) in [5.41, 5.74) is 2.43. The largest absolute Gasteiger partial charge is 0.480 e. The molecule has 0 saturated heterocycles. The zero-order chi connectivity index (χ0) is 29.2. The highest BCUT2D eigenvalue weighted by atomic mass is 31.1. The minimum Gasteiger partial charge on any atom is -0.480 e. The number of alkyl carbamates (subject to hydrolysis) is 1. The third-order valence-electron chi connectivity index (χ3n) is 6.16. The first-order valence-corrected chi connectivity index (χ1v) is 13.4. The van der Waals surface area contributed by atoms with Gasteiger partial charge in [0.1, 0.15) is 6.04 Å². The molecule has 0 aliphatic heterocycles. The minimum absolute atomic E-state index is 0.174. The van der Waals surface area contributed by atoms with E-state index in [1.807, 2.05) is 42.5 Å². The fourth-order valence-corrected chi connectivity index (χ4v) is 4.52. The van der Waals surface area contributed by atoms with Crippen LogP contribution < -0.4 is 10.6 Å². The first-order chi connectivity index (χ1) is 18.4. The van der Waals surface area contributed by atoms with Crippen LogP contribution in [0, 0.1) is 11.8 Å². The molecule has 0 aromatic heterocycles. The lowest BCUT2D eigenvalue weighted by molar-refractivity contribution is -0.166. The van der Waals surface area contributed by atoms with Crippen LogP contribution in [-0.2, 0) is 34.8 Å². The number of esters is 1. The van der Waals surface area contributed by atoms with Crippen LogP contribution in [0.1, 0.15) is 26.3 Å². The molecular weight excluding hydrogens is 527 g/mol. The van der Waals surface area contributed by atoms with E-state index in [1.54, 1.807) is 26.0 Å². The number of hydrogen-bond donors (Lipinski definition) is 4. The molecule has 0 aliphatic rings. The zero-order valence-electron chi connectivity index (χ0n) is 22.2. The second-order valence-corrected chi connectivity index (χ2v) is 10.5. The van der Waals surface area contributed by atoms with Crippen molar-refractivity contribution in [3.8, 4) is 11.1 Å². The summed E-state index contributed by atoms with van der Waals surface area (Å²) in [6, 6.07) is 15.3. The van der Waals surface area contributed by atoms with Gasteiger partial charge in [-0.2, -0.15) is 0 Å². The number of carbonyl (C=O) groups is 4. The number of aliphatic carboxylic acids is 1. The fourth-order valence-electron chi connectivity index (χ4n) is 3.75. The van der Waals surface area contributed by atoms with Crippen molar-refractivity contribution in [2.75, 3.05) is 13.7 Å². The van der Waals surface area contributed by atoms with Crippen LogP contribution in [0.3, 0.4) is 0 Å². The number of rotatable bonds is 13. The molecule has 2 rings (SSSR count). The molecule has 0 radical (unpaired) electrons. The molecule has 5 atom stereocenters. The molecule has 2 amide bonds. The molecule has 4 N–H and O–H groups in total. The quantitative estimate of drug-likeness (QED) is 0.212. The smallest absolute Gasteiger partial charge is 0.406 e. The Labute approximate surface area is 228 Å². The van der Waals surface area contributed by atoms with E-state index in [4.69, 9.17) is 4.74 Å². The van der Waals surface area contributed by atoms with Gasteiger partial charge in [-0.15, -0.1) is 0 Å². The van der Waals surface area contributed by atoms with Gasteiger partial charge in [-0.1, -0.05) is 68.4 Å². The van der Waals surface area contributed by atoms with E-state index in [9.17, 15) is 34.0 Å². The normalized spacial score (nSPS) is 15.1. The summed E-state index contributed by atoms with van der Waals surface area (Å²) < 4.78 is 22.6. The maximum absolute atomic E-state index is 13.4. The summed E-state index contributed by atoms with van der Waals surface area (Å²) in [6.45, 7) is 3.82. The molecule has 39 heavy (non-hydrogen) atoms. The molecule has 11 nitrogen and oxygen atoms in total. The van der Waals surface area contributed by atoms with Crippen molar-refractivity contribution in [3.63, 3.8) is 0 Å². The predicted octanol–water partition coefficient (Wildman–Crippen LogP) is 2.47. The predicted molar refractivity (Wildman–Crippen MR) is 145 cm³/mol. The van der Waals surface area contributed by atoms with Crippen LogP contribution >= 0.6 is 8.46 Å². The van der Waals surface area contributed by atoms with E-state index >= 15 is 0 Å². The third-order valence-corrected chi connectivity index (χ3v) is 7.31. The molecule has 12 heteroatoms. The number of methoxy groups -OCH3 is 1. The Morgan fingerprint density at radius 3 is 2.08 bits per heavy atom. The number of ether oxygens (including phenoxy) is 2. The van der Waals surface area contributed by atoms with Gasteiger partial charge in [0.2, 0.25) is 5.91 Å². The van der Waals surface area contributed by atoms with Crippen LogP contribution in [0.5, 0.6) is 0 Å². The van der Waals surface area contributed by atoms with Crippen molar-refractivity contribution < 1.29 is 43.4 Å². The fraction of sp³-hybridized carbons (Fsp3) is 0.407. The van der Waals surface area contributed by atoms with Gasteiger partial charge in [0.15, 0.2) is 11.4 Å². The van der Waals surface area contributed by atoms with E-state index in [0.29, 0.717) is 5.56 Å². The summed E-state index contributed by atoms with van der Waals surface area (Å²) >= 11 is 0. The van der Waals surface area contributed by atoms with Crippen molar-refractivity contribution >= 4 is 32.4 Å². The maximum Gasteiger partial charge on any atom is 0.406 e. The monoisotopic (exact) mass is 562 g/mol. The van der Waals surface area contributed by atoms with E-state index in [1.165, 1.54) is 6.92 Å². The van der Waals surface area contributed by atoms with E-state index in [0.717, 1.165) is 18.2 Å². The Morgan fingerprint density at radius 2 is 1.56 bits per heavy atom. The topological polar surface area (TPSA) is 168 Å². The number of aliphatic hydroxyl groups is 1. The lowest BCUT2D eigenvalue weighted by atomic mass is 9.88. The van der Waals surface area contributed by atoms with Crippen LogP contribution in [0.4, 0.5) is 4.79 Å². The number of amides is 2. The average Bonchev–Trinajstić information content (AvgIpc) is 2.93. The zero-order valence-corrected chi connectivity index (χ0v) is 23.4. The molecule has 5 unspecified atom stereocenters. The number of benzene rings is 2. The molecule has 0 spiro atoms. The van der Waals surface area contributed by atoms with Crippen LogP contribution in [-0.4, -0.2) is 65.3 Å². The van der Waals surface area contributed by atoms with Gasteiger partial charge < -0.3 is 34.9 Å². The van der Waals surface area contributed by atoms with Crippen molar-refractivity contribution in [1.82, 2.24) is 10.6 Å². The second-order valence-electron chi connectivity index (χ2n) is 9.35. The molecule has 212 valence electrons. The molecule has 2 aromatic carbocycles.